The van der Waals surface area contributed by atoms with E-state index in [1.165, 1.54) is 0 Å². The monoisotopic (exact) mass is 254 g/mol. The van der Waals surface area contributed by atoms with E-state index in [1.807, 2.05) is 6.92 Å². The first-order valence-electron chi connectivity index (χ1n) is 5.72. The Hall–Kier alpha value is -0.830. The molecule has 2 nitrogen and oxygen atoms in total. The van der Waals surface area contributed by atoms with Gasteiger partial charge in [0.15, 0.2) is 0 Å². The van der Waals surface area contributed by atoms with Crippen LogP contribution in [0.1, 0.15) is 30.5 Å². The number of ether oxygens (including phenoxy) is 2. The zero-order valence-electron chi connectivity index (χ0n) is 11.5. The Morgan fingerprint density at radius 3 is 2.12 bits per heavy atom. The normalized spacial score (nSPS) is 11.5. The van der Waals surface area contributed by atoms with Crippen molar-refractivity contribution in [3.8, 4) is 11.5 Å². The summed E-state index contributed by atoms with van der Waals surface area (Å²) in [5.41, 5.74) is 3.37. The number of thiol groups is 1. The summed E-state index contributed by atoms with van der Waals surface area (Å²) in [7, 11) is 3.41. The zero-order valence-corrected chi connectivity index (χ0v) is 12.4. The quantitative estimate of drug-likeness (QED) is 0.829. The van der Waals surface area contributed by atoms with E-state index in [1.54, 1.807) is 14.2 Å². The van der Waals surface area contributed by atoms with Crippen molar-refractivity contribution in [2.75, 3.05) is 20.0 Å². The molecule has 0 fully saturated rings. The Bertz CT molecular complexity index is 411. The largest absolute Gasteiger partial charge is 0.496 e. The van der Waals surface area contributed by atoms with Crippen LogP contribution in [-0.4, -0.2) is 20.0 Å². The Balaban J connectivity index is 3.53. The number of rotatable bonds is 4. The molecule has 0 saturated carbocycles. The minimum absolute atomic E-state index is 0.0415. The Labute approximate surface area is 110 Å². The molecule has 17 heavy (non-hydrogen) atoms. The lowest BCUT2D eigenvalue weighted by molar-refractivity contribution is 0.383. The van der Waals surface area contributed by atoms with Crippen molar-refractivity contribution in [2.45, 2.75) is 33.1 Å². The van der Waals surface area contributed by atoms with E-state index in [2.05, 4.69) is 39.5 Å². The van der Waals surface area contributed by atoms with E-state index in [0.29, 0.717) is 0 Å². The minimum atomic E-state index is -0.0415. The molecule has 0 unspecified atom stereocenters. The molecule has 1 aromatic rings. The van der Waals surface area contributed by atoms with Crippen LogP contribution in [0.5, 0.6) is 11.5 Å². The molecule has 0 radical (unpaired) electrons. The van der Waals surface area contributed by atoms with Crippen LogP contribution in [0.2, 0.25) is 0 Å². The second kappa shape index (κ2) is 5.21. The van der Waals surface area contributed by atoms with Gasteiger partial charge in [0, 0.05) is 11.0 Å². The number of benzene rings is 1. The number of hydrogen-bond donors (Lipinski definition) is 1. The molecule has 0 amide bonds. The zero-order chi connectivity index (χ0) is 13.2. The van der Waals surface area contributed by atoms with Crippen LogP contribution >= 0.6 is 12.6 Å². The summed E-state index contributed by atoms with van der Waals surface area (Å²) in [6.07, 6.45) is 0. The van der Waals surface area contributed by atoms with Crippen LogP contribution in [-0.2, 0) is 5.41 Å². The number of methoxy groups -OCH3 is 2. The summed E-state index contributed by atoms with van der Waals surface area (Å²) >= 11 is 4.43. The van der Waals surface area contributed by atoms with Crippen molar-refractivity contribution in [1.82, 2.24) is 0 Å². The fraction of sp³-hybridized carbons (Fsp3) is 0.571. The lowest BCUT2D eigenvalue weighted by atomic mass is 9.83. The topological polar surface area (TPSA) is 18.5 Å². The van der Waals surface area contributed by atoms with Gasteiger partial charge in [-0.3, -0.25) is 0 Å². The van der Waals surface area contributed by atoms with Gasteiger partial charge >= 0.3 is 0 Å². The van der Waals surface area contributed by atoms with Gasteiger partial charge in [-0.2, -0.15) is 12.6 Å². The summed E-state index contributed by atoms with van der Waals surface area (Å²) in [6.45, 7) is 8.43. The predicted octanol–water partition coefficient (Wildman–Crippen LogP) is 3.53. The average molecular weight is 254 g/mol. The fourth-order valence-electron chi connectivity index (χ4n) is 1.92. The summed E-state index contributed by atoms with van der Waals surface area (Å²) in [4.78, 5) is 0. The van der Waals surface area contributed by atoms with Crippen molar-refractivity contribution < 1.29 is 9.47 Å². The number of hydrogen-bond acceptors (Lipinski definition) is 3. The van der Waals surface area contributed by atoms with Gasteiger partial charge in [-0.25, -0.2) is 0 Å². The Morgan fingerprint density at radius 1 is 1.12 bits per heavy atom. The Morgan fingerprint density at radius 2 is 1.71 bits per heavy atom. The van der Waals surface area contributed by atoms with Crippen molar-refractivity contribution in [3.05, 3.63) is 22.8 Å². The van der Waals surface area contributed by atoms with Crippen molar-refractivity contribution >= 4 is 12.6 Å². The minimum Gasteiger partial charge on any atom is -0.496 e. The summed E-state index contributed by atoms with van der Waals surface area (Å²) in [6, 6.07) is 2.07. The molecule has 3 heteroatoms. The lowest BCUT2D eigenvalue weighted by Crippen LogP contribution is -2.21. The highest BCUT2D eigenvalue weighted by atomic mass is 32.1. The van der Waals surface area contributed by atoms with Gasteiger partial charge in [0.25, 0.3) is 0 Å². The van der Waals surface area contributed by atoms with E-state index in [-0.39, 0.29) is 5.41 Å². The van der Waals surface area contributed by atoms with Crippen LogP contribution in [0.15, 0.2) is 6.07 Å². The maximum Gasteiger partial charge on any atom is 0.126 e. The van der Waals surface area contributed by atoms with Gasteiger partial charge < -0.3 is 9.47 Å². The first kappa shape index (κ1) is 14.2. The molecule has 0 N–H and O–H groups in total. The van der Waals surface area contributed by atoms with Crippen LogP contribution in [0.3, 0.4) is 0 Å². The molecule has 0 aliphatic rings. The molecule has 96 valence electrons. The fourth-order valence-corrected chi connectivity index (χ4v) is 2.10. The molecular weight excluding hydrogens is 232 g/mol. The molecule has 0 aliphatic heterocycles. The third kappa shape index (κ3) is 2.54. The molecule has 0 aromatic heterocycles. The van der Waals surface area contributed by atoms with Crippen LogP contribution in [0.4, 0.5) is 0 Å². The second-order valence-corrected chi connectivity index (χ2v) is 5.27. The maximum atomic E-state index is 5.56. The van der Waals surface area contributed by atoms with E-state index in [0.717, 1.165) is 33.9 Å². The SMILES string of the molecule is COc1cc(C(C)(C)CS)c(OC)c(C)c1C. The molecule has 1 aromatic carbocycles. The highest BCUT2D eigenvalue weighted by Crippen LogP contribution is 2.40. The molecule has 0 saturated heterocycles. The first-order chi connectivity index (χ1) is 7.88. The average Bonchev–Trinajstić information content (AvgIpc) is 2.32. The van der Waals surface area contributed by atoms with E-state index < -0.39 is 0 Å². The highest BCUT2D eigenvalue weighted by Gasteiger charge is 2.26. The van der Waals surface area contributed by atoms with Gasteiger partial charge in [-0.1, -0.05) is 13.8 Å². The first-order valence-corrected chi connectivity index (χ1v) is 6.35. The molecule has 0 aliphatic carbocycles. The van der Waals surface area contributed by atoms with E-state index >= 15 is 0 Å². The van der Waals surface area contributed by atoms with Gasteiger partial charge in [0.1, 0.15) is 11.5 Å². The third-order valence-electron chi connectivity index (χ3n) is 3.34. The van der Waals surface area contributed by atoms with Crippen LogP contribution in [0.25, 0.3) is 0 Å². The van der Waals surface area contributed by atoms with Gasteiger partial charge in [-0.05, 0) is 36.8 Å². The molecule has 0 atom stereocenters. The van der Waals surface area contributed by atoms with Crippen molar-refractivity contribution in [1.29, 1.82) is 0 Å². The van der Waals surface area contributed by atoms with Crippen LogP contribution in [0, 0.1) is 13.8 Å². The van der Waals surface area contributed by atoms with Gasteiger partial charge in [0.05, 0.1) is 14.2 Å². The van der Waals surface area contributed by atoms with Gasteiger partial charge in [0.2, 0.25) is 0 Å². The predicted molar refractivity (Wildman–Crippen MR) is 75.9 cm³/mol. The Kier molecular flexibility index (Phi) is 4.36. The van der Waals surface area contributed by atoms with Crippen molar-refractivity contribution in [3.63, 3.8) is 0 Å². The van der Waals surface area contributed by atoms with Crippen molar-refractivity contribution in [2.24, 2.45) is 0 Å². The van der Waals surface area contributed by atoms with Crippen LogP contribution < -0.4 is 9.47 Å². The molecule has 0 heterocycles. The smallest absolute Gasteiger partial charge is 0.126 e. The standard InChI is InChI=1S/C14H22O2S/c1-9-10(2)13(16-6)11(7-12(9)15-5)14(3,4)8-17/h7,17H,8H2,1-6H3. The highest BCUT2D eigenvalue weighted by molar-refractivity contribution is 7.80. The summed E-state index contributed by atoms with van der Waals surface area (Å²) < 4.78 is 11.0. The summed E-state index contributed by atoms with van der Waals surface area (Å²) in [5.74, 6) is 2.62. The second-order valence-electron chi connectivity index (χ2n) is 4.95. The third-order valence-corrected chi connectivity index (χ3v) is 4.13. The van der Waals surface area contributed by atoms with Gasteiger partial charge in [-0.15, -0.1) is 0 Å². The lowest BCUT2D eigenvalue weighted by Gasteiger charge is -2.27. The van der Waals surface area contributed by atoms with E-state index in [4.69, 9.17) is 9.47 Å². The molecule has 0 bridgehead atoms. The molecular formula is C14H22O2S. The maximum absolute atomic E-state index is 5.56. The molecule has 1 rings (SSSR count). The summed E-state index contributed by atoms with van der Waals surface area (Å²) in [5, 5.41) is 0. The van der Waals surface area contributed by atoms with E-state index in [9.17, 15) is 0 Å². The molecule has 0 spiro atoms.